The smallest absolute Gasteiger partial charge is 0.270 e. The van der Waals surface area contributed by atoms with Gasteiger partial charge in [0, 0.05) is 57.3 Å². The predicted molar refractivity (Wildman–Crippen MR) is 93.5 cm³/mol. The average molecular weight is 361 g/mol. The summed E-state index contributed by atoms with van der Waals surface area (Å²) in [6.45, 7) is 3.40. The van der Waals surface area contributed by atoms with Gasteiger partial charge in [-0.05, 0) is 23.8 Å². The molecule has 1 saturated heterocycles. The first kappa shape index (κ1) is 17.3. The number of rotatable bonds is 4. The van der Waals surface area contributed by atoms with E-state index in [1.165, 1.54) is 23.8 Å². The zero-order chi connectivity index (χ0) is 17.8. The van der Waals surface area contributed by atoms with E-state index < -0.39 is 4.92 Å². The molecule has 0 atom stereocenters. The molecule has 1 aromatic heterocycles. The van der Waals surface area contributed by atoms with Crippen molar-refractivity contribution < 1.29 is 9.72 Å². The normalized spacial score (nSPS) is 15.2. The first-order chi connectivity index (χ1) is 12.0. The van der Waals surface area contributed by atoms with Crippen molar-refractivity contribution in [3.05, 3.63) is 69.0 Å². The quantitative estimate of drug-likeness (QED) is 0.618. The van der Waals surface area contributed by atoms with Gasteiger partial charge in [0.15, 0.2) is 0 Å². The molecule has 1 aliphatic heterocycles. The van der Waals surface area contributed by atoms with Crippen molar-refractivity contribution in [2.45, 2.75) is 6.54 Å². The standard InChI is InChI=1S/C17H17ClN4O3/c18-16-2-1-14(22(24)25)11-15(16)17(23)21-9-7-20(8-10-21)12-13-3-5-19-6-4-13/h1-6,11H,7-10,12H2. The molecule has 1 fully saturated rings. The minimum absolute atomic E-state index is 0.135. The molecule has 3 rings (SSSR count). The second-order valence-electron chi connectivity index (χ2n) is 5.85. The fraction of sp³-hybridized carbons (Fsp3) is 0.294. The van der Waals surface area contributed by atoms with E-state index in [0.29, 0.717) is 13.1 Å². The van der Waals surface area contributed by atoms with Crippen LogP contribution in [0.25, 0.3) is 0 Å². The Morgan fingerprint density at radius 1 is 1.16 bits per heavy atom. The Morgan fingerprint density at radius 2 is 1.84 bits per heavy atom. The van der Waals surface area contributed by atoms with Crippen LogP contribution >= 0.6 is 11.6 Å². The number of hydrogen-bond acceptors (Lipinski definition) is 5. The second kappa shape index (κ2) is 7.58. The molecule has 130 valence electrons. The summed E-state index contributed by atoms with van der Waals surface area (Å²) in [7, 11) is 0. The number of nitrogens with zero attached hydrogens (tertiary/aromatic N) is 4. The summed E-state index contributed by atoms with van der Waals surface area (Å²) < 4.78 is 0. The number of nitro benzene ring substituents is 1. The van der Waals surface area contributed by atoms with Crippen LogP contribution in [0, 0.1) is 10.1 Å². The van der Waals surface area contributed by atoms with Gasteiger partial charge in [0.05, 0.1) is 15.5 Å². The highest BCUT2D eigenvalue weighted by molar-refractivity contribution is 6.33. The largest absolute Gasteiger partial charge is 0.336 e. The molecule has 0 unspecified atom stereocenters. The fourth-order valence-corrected chi connectivity index (χ4v) is 3.01. The lowest BCUT2D eigenvalue weighted by Crippen LogP contribution is -2.48. The van der Waals surface area contributed by atoms with Gasteiger partial charge < -0.3 is 4.90 Å². The number of amides is 1. The van der Waals surface area contributed by atoms with E-state index in [-0.39, 0.29) is 22.2 Å². The number of piperazine rings is 1. The number of pyridine rings is 1. The molecular formula is C17H17ClN4O3. The molecule has 0 radical (unpaired) electrons. The maximum Gasteiger partial charge on any atom is 0.270 e. The van der Waals surface area contributed by atoms with Crippen molar-refractivity contribution in [3.8, 4) is 0 Å². The van der Waals surface area contributed by atoms with Crippen molar-refractivity contribution in [2.24, 2.45) is 0 Å². The minimum Gasteiger partial charge on any atom is -0.336 e. The van der Waals surface area contributed by atoms with Crippen molar-refractivity contribution in [3.63, 3.8) is 0 Å². The molecule has 0 N–H and O–H groups in total. The van der Waals surface area contributed by atoms with Gasteiger partial charge in [-0.15, -0.1) is 0 Å². The molecule has 0 saturated carbocycles. The van der Waals surface area contributed by atoms with E-state index in [4.69, 9.17) is 11.6 Å². The van der Waals surface area contributed by atoms with Gasteiger partial charge in [0.2, 0.25) is 0 Å². The number of benzene rings is 1. The van der Waals surface area contributed by atoms with Gasteiger partial charge in [-0.1, -0.05) is 11.6 Å². The topological polar surface area (TPSA) is 79.6 Å². The number of halogens is 1. The van der Waals surface area contributed by atoms with E-state index in [0.717, 1.165) is 19.6 Å². The van der Waals surface area contributed by atoms with E-state index >= 15 is 0 Å². The molecule has 0 bridgehead atoms. The Kier molecular flexibility index (Phi) is 5.25. The molecule has 1 aliphatic rings. The Hall–Kier alpha value is -2.51. The highest BCUT2D eigenvalue weighted by Crippen LogP contribution is 2.24. The van der Waals surface area contributed by atoms with Crippen LogP contribution in [0.15, 0.2) is 42.7 Å². The lowest BCUT2D eigenvalue weighted by molar-refractivity contribution is -0.384. The van der Waals surface area contributed by atoms with Crippen molar-refractivity contribution in [1.29, 1.82) is 0 Å². The van der Waals surface area contributed by atoms with Crippen molar-refractivity contribution in [2.75, 3.05) is 26.2 Å². The first-order valence-corrected chi connectivity index (χ1v) is 8.27. The lowest BCUT2D eigenvalue weighted by atomic mass is 10.1. The monoisotopic (exact) mass is 360 g/mol. The van der Waals surface area contributed by atoms with Crippen LogP contribution in [-0.2, 0) is 6.54 Å². The van der Waals surface area contributed by atoms with Gasteiger partial charge in [-0.3, -0.25) is 24.8 Å². The predicted octanol–water partition coefficient (Wildman–Crippen LogP) is 2.60. The molecule has 25 heavy (non-hydrogen) atoms. The van der Waals surface area contributed by atoms with Crippen LogP contribution in [-0.4, -0.2) is 51.8 Å². The Bertz CT molecular complexity index is 777. The lowest BCUT2D eigenvalue weighted by Gasteiger charge is -2.34. The van der Waals surface area contributed by atoms with E-state index in [2.05, 4.69) is 9.88 Å². The molecule has 0 spiro atoms. The summed E-state index contributed by atoms with van der Waals surface area (Å²) in [5.74, 6) is -0.266. The maximum atomic E-state index is 12.7. The van der Waals surface area contributed by atoms with E-state index in [9.17, 15) is 14.9 Å². The third-order valence-electron chi connectivity index (χ3n) is 4.21. The van der Waals surface area contributed by atoms with Gasteiger partial charge in [0.25, 0.3) is 11.6 Å². The van der Waals surface area contributed by atoms with E-state index in [1.54, 1.807) is 17.3 Å². The molecule has 7 nitrogen and oxygen atoms in total. The highest BCUT2D eigenvalue weighted by atomic mass is 35.5. The summed E-state index contributed by atoms with van der Waals surface area (Å²) in [5, 5.41) is 11.1. The minimum atomic E-state index is -0.528. The third kappa shape index (κ3) is 4.12. The molecule has 1 amide bonds. The number of carbonyl (C=O) groups excluding carboxylic acids is 1. The number of nitro groups is 1. The molecule has 8 heteroatoms. The number of carbonyl (C=O) groups is 1. The molecule has 0 aliphatic carbocycles. The Morgan fingerprint density at radius 3 is 2.48 bits per heavy atom. The van der Waals surface area contributed by atoms with Gasteiger partial charge in [-0.2, -0.15) is 0 Å². The zero-order valence-electron chi connectivity index (χ0n) is 13.5. The average Bonchev–Trinajstić information content (AvgIpc) is 2.63. The number of hydrogen-bond donors (Lipinski definition) is 0. The Balaban J connectivity index is 1.64. The summed E-state index contributed by atoms with van der Waals surface area (Å²) in [4.78, 5) is 31.0. The second-order valence-corrected chi connectivity index (χ2v) is 6.25. The van der Waals surface area contributed by atoms with Crippen molar-refractivity contribution in [1.82, 2.24) is 14.8 Å². The third-order valence-corrected chi connectivity index (χ3v) is 4.54. The first-order valence-electron chi connectivity index (χ1n) is 7.89. The van der Waals surface area contributed by atoms with E-state index in [1.807, 2.05) is 12.1 Å². The van der Waals surface area contributed by atoms with Crippen LogP contribution < -0.4 is 0 Å². The summed E-state index contributed by atoms with van der Waals surface area (Å²) in [5.41, 5.74) is 1.22. The molecule has 2 heterocycles. The van der Waals surface area contributed by atoms with Crippen LogP contribution in [0.2, 0.25) is 5.02 Å². The van der Waals surface area contributed by atoms with Crippen LogP contribution in [0.5, 0.6) is 0 Å². The summed E-state index contributed by atoms with van der Waals surface area (Å²) in [6.07, 6.45) is 3.53. The van der Waals surface area contributed by atoms with Gasteiger partial charge >= 0.3 is 0 Å². The zero-order valence-corrected chi connectivity index (χ0v) is 14.2. The maximum absolute atomic E-state index is 12.7. The molecular weight excluding hydrogens is 344 g/mol. The highest BCUT2D eigenvalue weighted by Gasteiger charge is 2.25. The number of aromatic nitrogens is 1. The Labute approximate surface area is 150 Å². The van der Waals surface area contributed by atoms with Crippen LogP contribution in [0.1, 0.15) is 15.9 Å². The van der Waals surface area contributed by atoms with Gasteiger partial charge in [-0.25, -0.2) is 0 Å². The fourth-order valence-electron chi connectivity index (χ4n) is 2.82. The SMILES string of the molecule is O=C(c1cc([N+](=O)[O-])ccc1Cl)N1CCN(Cc2ccncc2)CC1. The van der Waals surface area contributed by atoms with Gasteiger partial charge in [0.1, 0.15) is 0 Å². The summed E-state index contributed by atoms with van der Waals surface area (Å²) >= 11 is 6.06. The van der Waals surface area contributed by atoms with Crippen molar-refractivity contribution >= 4 is 23.2 Å². The molecule has 1 aromatic carbocycles. The van der Waals surface area contributed by atoms with Crippen LogP contribution in [0.3, 0.4) is 0 Å². The molecule has 2 aromatic rings. The number of non-ortho nitro benzene ring substituents is 1. The summed E-state index contributed by atoms with van der Waals surface area (Å²) in [6, 6.07) is 7.88. The van der Waals surface area contributed by atoms with Crippen LogP contribution in [0.4, 0.5) is 5.69 Å².